The molecule has 0 bridgehead atoms. The highest BCUT2D eigenvalue weighted by atomic mass is 16.7. The smallest absolute Gasteiger partial charge is 0.315 e. The van der Waals surface area contributed by atoms with Crippen LogP contribution >= 0.6 is 0 Å². The van der Waals surface area contributed by atoms with Gasteiger partial charge in [0.05, 0.1) is 13.7 Å². The fraction of sp³-hybridized carbons (Fsp3) is 0.480. The number of para-hydroxylation sites is 1. The van der Waals surface area contributed by atoms with E-state index in [0.29, 0.717) is 28.6 Å². The number of phenols is 1. The third-order valence-electron chi connectivity index (χ3n) is 6.93. The molecule has 0 aromatic heterocycles. The highest BCUT2D eigenvalue weighted by Gasteiger charge is 2.56. The average Bonchev–Trinajstić information content (AvgIpc) is 3.49. The number of nitrogens with zero attached hydrogens (tertiary/aromatic N) is 1. The van der Waals surface area contributed by atoms with E-state index in [9.17, 15) is 9.90 Å². The first-order valence-corrected chi connectivity index (χ1v) is 11.4. The Morgan fingerprint density at radius 1 is 1.15 bits per heavy atom. The van der Waals surface area contributed by atoms with Gasteiger partial charge in [-0.05, 0) is 38.8 Å². The minimum atomic E-state index is -0.983. The van der Waals surface area contributed by atoms with E-state index in [2.05, 4.69) is 4.90 Å². The summed E-state index contributed by atoms with van der Waals surface area (Å²) in [6.45, 7) is 5.72. The molecule has 1 saturated heterocycles. The second kappa shape index (κ2) is 8.33. The topological polar surface area (TPSA) is 86.7 Å². The third-order valence-corrected chi connectivity index (χ3v) is 6.93. The van der Waals surface area contributed by atoms with Gasteiger partial charge in [0.15, 0.2) is 28.7 Å². The summed E-state index contributed by atoms with van der Waals surface area (Å²) in [6, 6.07) is 8.98. The van der Waals surface area contributed by atoms with Gasteiger partial charge in [0, 0.05) is 36.2 Å². The largest absolute Gasteiger partial charge is 0.504 e. The molecule has 0 unspecified atom stereocenters. The van der Waals surface area contributed by atoms with Crippen molar-refractivity contribution >= 4 is 5.97 Å². The number of carbonyl (C=O) groups is 1. The van der Waals surface area contributed by atoms with Crippen molar-refractivity contribution in [1.29, 1.82) is 0 Å². The summed E-state index contributed by atoms with van der Waals surface area (Å²) in [5.41, 5.74) is 0.322. The summed E-state index contributed by atoms with van der Waals surface area (Å²) in [7, 11) is 1.51. The molecule has 3 heterocycles. The second-order valence-electron chi connectivity index (χ2n) is 8.70. The molecule has 5 rings (SSSR count). The van der Waals surface area contributed by atoms with E-state index in [4.69, 9.17) is 23.7 Å². The number of carbonyl (C=O) groups excluding carboxylic acids is 1. The maximum atomic E-state index is 13.6. The summed E-state index contributed by atoms with van der Waals surface area (Å²) < 4.78 is 28.8. The van der Waals surface area contributed by atoms with Crippen LogP contribution in [0.25, 0.3) is 0 Å². The lowest BCUT2D eigenvalue weighted by atomic mass is 9.72. The number of fused-ring (bicyclic) bond motifs is 2. The van der Waals surface area contributed by atoms with E-state index in [-0.39, 0.29) is 25.1 Å². The molecular weight excluding hydrogens is 426 g/mol. The number of phenolic OH excluding ortho intramolecular Hbond substituents is 1. The van der Waals surface area contributed by atoms with E-state index in [1.807, 2.05) is 31.2 Å². The molecule has 0 spiro atoms. The Morgan fingerprint density at radius 2 is 1.88 bits per heavy atom. The SMILES string of the molecule is CCOC(=O)[C@H]1[C@@H](c2cccc(OC)c2O)c2cc3c(cc2O[C@@]1(C)N1CCCC1)OCO3. The van der Waals surface area contributed by atoms with Gasteiger partial charge in [-0.15, -0.1) is 0 Å². The van der Waals surface area contributed by atoms with Crippen molar-refractivity contribution in [3.05, 3.63) is 41.5 Å². The quantitative estimate of drug-likeness (QED) is 0.684. The van der Waals surface area contributed by atoms with Crippen LogP contribution in [0.4, 0.5) is 0 Å². The molecule has 176 valence electrons. The van der Waals surface area contributed by atoms with Gasteiger partial charge in [-0.25, -0.2) is 0 Å². The van der Waals surface area contributed by atoms with Crippen LogP contribution < -0.4 is 18.9 Å². The van der Waals surface area contributed by atoms with Gasteiger partial charge >= 0.3 is 5.97 Å². The molecule has 3 aliphatic rings. The Balaban J connectivity index is 1.76. The van der Waals surface area contributed by atoms with Crippen LogP contribution in [-0.4, -0.2) is 55.3 Å². The predicted molar refractivity (Wildman–Crippen MR) is 119 cm³/mol. The summed E-state index contributed by atoms with van der Waals surface area (Å²) >= 11 is 0. The van der Waals surface area contributed by atoms with Crippen LogP contribution in [-0.2, 0) is 9.53 Å². The highest BCUT2D eigenvalue weighted by molar-refractivity contribution is 5.78. The van der Waals surface area contributed by atoms with Gasteiger partial charge in [0.2, 0.25) is 6.79 Å². The van der Waals surface area contributed by atoms with E-state index in [1.165, 1.54) is 7.11 Å². The summed E-state index contributed by atoms with van der Waals surface area (Å²) in [5.74, 6) is 0.450. The monoisotopic (exact) mass is 455 g/mol. The molecule has 8 nitrogen and oxygen atoms in total. The fourth-order valence-corrected chi connectivity index (χ4v) is 5.36. The molecule has 3 atom stereocenters. The van der Waals surface area contributed by atoms with Gasteiger partial charge in [0.1, 0.15) is 11.7 Å². The zero-order valence-electron chi connectivity index (χ0n) is 19.1. The number of ether oxygens (including phenoxy) is 5. The Labute approximate surface area is 192 Å². The van der Waals surface area contributed by atoms with Crippen molar-refractivity contribution in [3.8, 4) is 28.7 Å². The Hall–Kier alpha value is -3.13. The van der Waals surface area contributed by atoms with Crippen molar-refractivity contribution in [2.24, 2.45) is 5.92 Å². The average molecular weight is 456 g/mol. The predicted octanol–water partition coefficient (Wildman–Crippen LogP) is 3.65. The van der Waals surface area contributed by atoms with Gasteiger partial charge in [-0.3, -0.25) is 9.69 Å². The lowest BCUT2D eigenvalue weighted by Gasteiger charge is -2.49. The normalized spacial score (nSPS) is 25.9. The molecule has 0 amide bonds. The summed E-state index contributed by atoms with van der Waals surface area (Å²) in [4.78, 5) is 15.8. The highest BCUT2D eigenvalue weighted by Crippen LogP contribution is 2.55. The number of likely N-dealkylation sites (tertiary alicyclic amines) is 1. The van der Waals surface area contributed by atoms with E-state index in [1.54, 1.807) is 13.0 Å². The minimum Gasteiger partial charge on any atom is -0.504 e. The molecule has 2 aromatic rings. The van der Waals surface area contributed by atoms with Crippen molar-refractivity contribution in [3.63, 3.8) is 0 Å². The first kappa shape index (κ1) is 21.7. The molecule has 1 fully saturated rings. The van der Waals surface area contributed by atoms with Crippen LogP contribution in [0.1, 0.15) is 43.7 Å². The lowest BCUT2D eigenvalue weighted by Crippen LogP contribution is -2.61. The van der Waals surface area contributed by atoms with Gasteiger partial charge in [-0.1, -0.05) is 12.1 Å². The van der Waals surface area contributed by atoms with Crippen LogP contribution in [0.15, 0.2) is 30.3 Å². The van der Waals surface area contributed by atoms with E-state index >= 15 is 0 Å². The van der Waals surface area contributed by atoms with E-state index < -0.39 is 17.6 Å². The molecule has 0 aliphatic carbocycles. The van der Waals surface area contributed by atoms with Crippen molar-refractivity contribution in [2.45, 2.75) is 38.3 Å². The Kier molecular flexibility index (Phi) is 5.48. The standard InChI is InChI=1S/C25H29NO7/c1-4-30-24(28)22-21(15-8-7-9-17(29-3)23(15)27)16-12-19-20(32-14-31-19)13-18(16)33-25(22,2)26-10-5-6-11-26/h7-9,12-13,21-22,27H,4-6,10-11,14H2,1-3H3/t21-,22+,25+/m0/s1. The number of esters is 1. The Bertz CT molecular complexity index is 1060. The van der Waals surface area contributed by atoms with Crippen molar-refractivity contribution in [1.82, 2.24) is 4.90 Å². The molecule has 33 heavy (non-hydrogen) atoms. The molecule has 0 radical (unpaired) electrons. The minimum absolute atomic E-state index is 0.00594. The van der Waals surface area contributed by atoms with Gasteiger partial charge in [0.25, 0.3) is 0 Å². The molecule has 3 aliphatic heterocycles. The number of rotatable bonds is 5. The van der Waals surface area contributed by atoms with Crippen molar-refractivity contribution < 1.29 is 33.6 Å². The maximum Gasteiger partial charge on any atom is 0.315 e. The van der Waals surface area contributed by atoms with Gasteiger partial charge in [-0.2, -0.15) is 0 Å². The molecule has 0 saturated carbocycles. The van der Waals surface area contributed by atoms with Crippen LogP contribution in [0.3, 0.4) is 0 Å². The van der Waals surface area contributed by atoms with Crippen LogP contribution in [0.5, 0.6) is 28.7 Å². The molecule has 1 N–H and O–H groups in total. The Morgan fingerprint density at radius 3 is 2.58 bits per heavy atom. The van der Waals surface area contributed by atoms with E-state index in [0.717, 1.165) is 31.5 Å². The second-order valence-corrected chi connectivity index (χ2v) is 8.70. The zero-order chi connectivity index (χ0) is 23.2. The van der Waals surface area contributed by atoms with Crippen LogP contribution in [0, 0.1) is 5.92 Å². The first-order chi connectivity index (χ1) is 16.0. The summed E-state index contributed by atoms with van der Waals surface area (Å²) in [5, 5.41) is 11.1. The third kappa shape index (κ3) is 3.44. The zero-order valence-corrected chi connectivity index (χ0v) is 19.1. The molecule has 2 aromatic carbocycles. The van der Waals surface area contributed by atoms with Crippen molar-refractivity contribution in [2.75, 3.05) is 33.6 Å². The number of hydrogen-bond donors (Lipinski definition) is 1. The molecule has 8 heteroatoms. The number of benzene rings is 2. The maximum absolute atomic E-state index is 13.6. The lowest BCUT2D eigenvalue weighted by molar-refractivity contribution is -0.174. The van der Waals surface area contributed by atoms with Gasteiger partial charge < -0.3 is 28.8 Å². The molecular formula is C25H29NO7. The number of methoxy groups -OCH3 is 1. The summed E-state index contributed by atoms with van der Waals surface area (Å²) in [6.07, 6.45) is 2.05. The number of hydrogen-bond acceptors (Lipinski definition) is 8. The number of aromatic hydroxyl groups is 1. The fourth-order valence-electron chi connectivity index (χ4n) is 5.36. The first-order valence-electron chi connectivity index (χ1n) is 11.4. The van der Waals surface area contributed by atoms with Crippen LogP contribution in [0.2, 0.25) is 0 Å².